The normalized spacial score (nSPS) is 11.2. The van der Waals surface area contributed by atoms with Crippen LogP contribution in [-0.4, -0.2) is 13.3 Å². The lowest BCUT2D eigenvalue weighted by molar-refractivity contribution is -0.383. The molecule has 9 heteroatoms. The van der Waals surface area contributed by atoms with Crippen LogP contribution in [0.5, 0.6) is 5.75 Å². The summed E-state index contributed by atoms with van der Waals surface area (Å²) < 4.78 is 29.5. The molecule has 0 amide bonds. The van der Waals surface area contributed by atoms with Crippen LogP contribution in [0.2, 0.25) is 5.02 Å². The number of nitrogens with two attached hydrogens (primary N) is 1. The van der Waals surface area contributed by atoms with Gasteiger partial charge in [0.05, 0.1) is 16.0 Å². The van der Waals surface area contributed by atoms with E-state index in [1.165, 1.54) is 18.2 Å². The molecule has 2 N–H and O–H groups in total. The number of nitrogen functional groups attached to an aromatic ring is 1. The Balaban J connectivity index is 2.46. The van der Waals surface area contributed by atoms with Gasteiger partial charge in [0.1, 0.15) is 16.3 Å². The number of halogens is 1. The molecule has 0 saturated carbocycles. The SMILES string of the molecule is Cc1cccc(Cl)c1S(=O)(=O)Oc1ccc(N)c([N+](=O)[O-])c1. The van der Waals surface area contributed by atoms with Gasteiger partial charge >= 0.3 is 10.1 Å². The van der Waals surface area contributed by atoms with Gasteiger partial charge in [-0.05, 0) is 30.7 Å². The van der Waals surface area contributed by atoms with Crippen molar-refractivity contribution in [1.82, 2.24) is 0 Å². The molecule has 0 aliphatic heterocycles. The van der Waals surface area contributed by atoms with E-state index in [4.69, 9.17) is 21.5 Å². The summed E-state index contributed by atoms with van der Waals surface area (Å²) in [7, 11) is -4.23. The van der Waals surface area contributed by atoms with Gasteiger partial charge in [0.15, 0.2) is 0 Å². The Morgan fingerprint density at radius 2 is 1.95 bits per heavy atom. The third-order valence-electron chi connectivity index (χ3n) is 2.82. The number of rotatable bonds is 4. The van der Waals surface area contributed by atoms with Crippen LogP contribution in [-0.2, 0) is 10.1 Å². The molecule has 2 rings (SSSR count). The first-order valence-corrected chi connectivity index (χ1v) is 7.74. The lowest BCUT2D eigenvalue weighted by Gasteiger charge is -2.11. The Morgan fingerprint density at radius 1 is 1.27 bits per heavy atom. The second-order valence-corrected chi connectivity index (χ2v) is 6.29. The second kappa shape index (κ2) is 5.82. The van der Waals surface area contributed by atoms with E-state index in [-0.39, 0.29) is 21.4 Å². The Morgan fingerprint density at radius 3 is 2.55 bits per heavy atom. The smallest absolute Gasteiger partial charge is 0.340 e. The minimum Gasteiger partial charge on any atom is -0.393 e. The molecule has 0 aromatic heterocycles. The van der Waals surface area contributed by atoms with Gasteiger partial charge in [0, 0.05) is 0 Å². The number of nitro groups is 1. The molecular formula is C13H11ClN2O5S. The molecule has 22 heavy (non-hydrogen) atoms. The Kier molecular flexibility index (Phi) is 4.25. The third-order valence-corrected chi connectivity index (χ3v) is 4.70. The molecule has 0 atom stereocenters. The van der Waals surface area contributed by atoms with Crippen molar-refractivity contribution in [1.29, 1.82) is 0 Å². The number of anilines is 1. The predicted molar refractivity (Wildman–Crippen MR) is 81.5 cm³/mol. The maximum absolute atomic E-state index is 12.3. The van der Waals surface area contributed by atoms with E-state index in [2.05, 4.69) is 0 Å². The fourth-order valence-electron chi connectivity index (χ4n) is 1.84. The van der Waals surface area contributed by atoms with Crippen LogP contribution in [0.3, 0.4) is 0 Å². The van der Waals surface area contributed by atoms with E-state index in [1.54, 1.807) is 19.1 Å². The van der Waals surface area contributed by atoms with Crippen molar-refractivity contribution < 1.29 is 17.5 Å². The molecule has 0 spiro atoms. The fraction of sp³-hybridized carbons (Fsp3) is 0.0769. The summed E-state index contributed by atoms with van der Waals surface area (Å²) in [6.45, 7) is 1.56. The fourth-order valence-corrected chi connectivity index (χ4v) is 3.55. The molecule has 2 aromatic carbocycles. The molecule has 2 aromatic rings. The van der Waals surface area contributed by atoms with Crippen molar-refractivity contribution in [3.63, 3.8) is 0 Å². The lowest BCUT2D eigenvalue weighted by Crippen LogP contribution is -2.12. The van der Waals surface area contributed by atoms with Gasteiger partial charge in [-0.2, -0.15) is 8.42 Å². The van der Waals surface area contributed by atoms with Crippen molar-refractivity contribution in [3.05, 3.63) is 57.1 Å². The maximum Gasteiger partial charge on any atom is 0.340 e. The van der Waals surface area contributed by atoms with E-state index in [0.29, 0.717) is 5.56 Å². The van der Waals surface area contributed by atoms with Gasteiger partial charge in [0.25, 0.3) is 5.69 Å². The van der Waals surface area contributed by atoms with Crippen molar-refractivity contribution in [2.45, 2.75) is 11.8 Å². The van der Waals surface area contributed by atoms with Gasteiger partial charge in [0.2, 0.25) is 0 Å². The van der Waals surface area contributed by atoms with Gasteiger partial charge in [-0.25, -0.2) is 0 Å². The van der Waals surface area contributed by atoms with Crippen molar-refractivity contribution in [2.75, 3.05) is 5.73 Å². The zero-order chi connectivity index (χ0) is 16.5. The summed E-state index contributed by atoms with van der Waals surface area (Å²) in [4.78, 5) is 9.91. The molecule has 0 radical (unpaired) electrons. The molecule has 0 heterocycles. The summed E-state index contributed by atoms with van der Waals surface area (Å²) in [5.41, 5.74) is 5.31. The predicted octanol–water partition coefficient (Wildman–Crippen LogP) is 2.91. The highest BCUT2D eigenvalue weighted by atomic mass is 35.5. The van der Waals surface area contributed by atoms with Gasteiger partial charge in [-0.3, -0.25) is 10.1 Å². The highest BCUT2D eigenvalue weighted by Gasteiger charge is 2.24. The molecule has 0 unspecified atom stereocenters. The number of nitro benzene ring substituents is 1. The first-order chi connectivity index (χ1) is 10.2. The van der Waals surface area contributed by atoms with Crippen molar-refractivity contribution in [3.8, 4) is 5.75 Å². The summed E-state index contributed by atoms with van der Waals surface area (Å²) in [5.74, 6) is -0.222. The van der Waals surface area contributed by atoms with Crippen LogP contribution in [0, 0.1) is 17.0 Å². The van der Waals surface area contributed by atoms with E-state index >= 15 is 0 Å². The molecule has 0 fully saturated rings. The van der Waals surface area contributed by atoms with Crippen LogP contribution < -0.4 is 9.92 Å². The average molecular weight is 343 g/mol. The highest BCUT2D eigenvalue weighted by Crippen LogP contribution is 2.31. The van der Waals surface area contributed by atoms with Crippen LogP contribution in [0.25, 0.3) is 0 Å². The lowest BCUT2D eigenvalue weighted by atomic mass is 10.2. The molecular weight excluding hydrogens is 332 g/mol. The number of aryl methyl sites for hydroxylation is 1. The van der Waals surface area contributed by atoms with Gasteiger partial charge in [-0.15, -0.1) is 0 Å². The summed E-state index contributed by atoms with van der Waals surface area (Å²) >= 11 is 5.90. The Labute approximate surface area is 131 Å². The monoisotopic (exact) mass is 342 g/mol. The maximum atomic E-state index is 12.3. The second-order valence-electron chi connectivity index (χ2n) is 4.40. The van der Waals surface area contributed by atoms with Crippen LogP contribution >= 0.6 is 11.6 Å². The first-order valence-electron chi connectivity index (χ1n) is 5.96. The largest absolute Gasteiger partial charge is 0.393 e. The van der Waals surface area contributed by atoms with Gasteiger partial charge < -0.3 is 9.92 Å². The van der Waals surface area contributed by atoms with Gasteiger partial charge in [-0.1, -0.05) is 23.7 Å². The quantitative estimate of drug-likeness (QED) is 0.395. The molecule has 0 bridgehead atoms. The van der Waals surface area contributed by atoms with Crippen LogP contribution in [0.4, 0.5) is 11.4 Å². The molecule has 0 aliphatic rings. The molecule has 7 nitrogen and oxygen atoms in total. The van der Waals surface area contributed by atoms with Crippen molar-refractivity contribution in [2.24, 2.45) is 0 Å². The summed E-state index contributed by atoms with van der Waals surface area (Å²) in [6, 6.07) is 7.95. The minimum absolute atomic E-state index is 0.00458. The van der Waals surface area contributed by atoms with E-state index in [0.717, 1.165) is 6.07 Å². The first kappa shape index (κ1) is 16.1. The Hall–Kier alpha value is -2.32. The number of benzene rings is 2. The van der Waals surface area contributed by atoms with Crippen LogP contribution in [0.1, 0.15) is 5.56 Å². The highest BCUT2D eigenvalue weighted by molar-refractivity contribution is 7.87. The Bertz CT molecular complexity index is 831. The van der Waals surface area contributed by atoms with Crippen LogP contribution in [0.15, 0.2) is 41.3 Å². The zero-order valence-corrected chi connectivity index (χ0v) is 12.9. The number of nitrogens with zero attached hydrogens (tertiary/aromatic N) is 1. The van der Waals surface area contributed by atoms with E-state index in [9.17, 15) is 18.5 Å². The summed E-state index contributed by atoms with van der Waals surface area (Å²) in [6.07, 6.45) is 0. The topological polar surface area (TPSA) is 113 Å². The minimum atomic E-state index is -4.23. The number of hydrogen-bond donors (Lipinski definition) is 1. The molecule has 116 valence electrons. The van der Waals surface area contributed by atoms with Crippen molar-refractivity contribution >= 4 is 33.1 Å². The standard InChI is InChI=1S/C13H11ClN2O5S/c1-8-3-2-4-10(14)13(8)22(19,20)21-9-5-6-11(15)12(7-9)16(17)18/h2-7H,15H2,1H3. The average Bonchev–Trinajstić information content (AvgIpc) is 2.39. The zero-order valence-electron chi connectivity index (χ0n) is 11.3. The molecule has 0 saturated heterocycles. The third kappa shape index (κ3) is 3.12. The number of hydrogen-bond acceptors (Lipinski definition) is 6. The van der Waals surface area contributed by atoms with E-state index in [1.807, 2.05) is 0 Å². The van der Waals surface area contributed by atoms with E-state index < -0.39 is 20.7 Å². The molecule has 0 aliphatic carbocycles. The summed E-state index contributed by atoms with van der Waals surface area (Å²) in [5, 5.41) is 10.8.